The van der Waals surface area contributed by atoms with Crippen LogP contribution in [0, 0.1) is 0 Å². The van der Waals surface area contributed by atoms with Gasteiger partial charge in [0.25, 0.3) is 0 Å². The molecule has 0 aliphatic carbocycles. The molecule has 0 atom stereocenters. The molecule has 5 nitrogen and oxygen atoms in total. The number of nitrogens with one attached hydrogen (secondary N) is 1. The van der Waals surface area contributed by atoms with Crippen molar-refractivity contribution in [2.24, 2.45) is 0 Å². The van der Waals surface area contributed by atoms with Gasteiger partial charge in [-0.05, 0) is 25.3 Å². The zero-order valence-electron chi connectivity index (χ0n) is 15.3. The molecule has 3 aromatic rings. The Labute approximate surface area is 166 Å². The standard InChI is InChI=1S/C20H20N2O3S2/c1-20(2,19(24)25-3)22-16(23)12-15-17(14-10-7-11-26-14)21-18(27-15)13-8-5-4-6-9-13/h4-11H,12H2,1-3H3,(H,22,23). The van der Waals surface area contributed by atoms with Crippen LogP contribution >= 0.6 is 22.7 Å². The van der Waals surface area contributed by atoms with Gasteiger partial charge < -0.3 is 10.1 Å². The second-order valence-electron chi connectivity index (χ2n) is 6.48. The highest BCUT2D eigenvalue weighted by Crippen LogP contribution is 2.36. The molecule has 0 spiro atoms. The largest absolute Gasteiger partial charge is 0.467 e. The van der Waals surface area contributed by atoms with Gasteiger partial charge in [-0.3, -0.25) is 4.79 Å². The average Bonchev–Trinajstić information content (AvgIpc) is 3.30. The minimum atomic E-state index is -1.08. The zero-order chi connectivity index (χ0) is 19.4. The van der Waals surface area contributed by atoms with E-state index >= 15 is 0 Å². The van der Waals surface area contributed by atoms with E-state index in [9.17, 15) is 9.59 Å². The minimum Gasteiger partial charge on any atom is -0.467 e. The molecule has 0 aliphatic heterocycles. The van der Waals surface area contributed by atoms with E-state index < -0.39 is 11.5 Å². The first-order valence-electron chi connectivity index (χ1n) is 8.39. The van der Waals surface area contributed by atoms with Gasteiger partial charge in [-0.15, -0.1) is 22.7 Å². The van der Waals surface area contributed by atoms with Crippen molar-refractivity contribution in [1.82, 2.24) is 10.3 Å². The molecular formula is C20H20N2O3S2. The molecular weight excluding hydrogens is 380 g/mol. The molecule has 2 heterocycles. The van der Waals surface area contributed by atoms with Crippen LogP contribution < -0.4 is 5.32 Å². The number of rotatable bonds is 6. The van der Waals surface area contributed by atoms with Gasteiger partial charge in [-0.25, -0.2) is 9.78 Å². The molecule has 2 aromatic heterocycles. The van der Waals surface area contributed by atoms with Crippen LogP contribution in [0.25, 0.3) is 21.1 Å². The van der Waals surface area contributed by atoms with Gasteiger partial charge in [-0.2, -0.15) is 0 Å². The van der Waals surface area contributed by atoms with E-state index in [2.05, 4.69) is 5.32 Å². The molecule has 1 N–H and O–H groups in total. The summed E-state index contributed by atoms with van der Waals surface area (Å²) < 4.78 is 4.75. The maximum Gasteiger partial charge on any atom is 0.330 e. The molecule has 0 radical (unpaired) electrons. The first-order valence-corrected chi connectivity index (χ1v) is 10.1. The summed E-state index contributed by atoms with van der Waals surface area (Å²) in [6.07, 6.45) is 0.151. The number of esters is 1. The van der Waals surface area contributed by atoms with Crippen LogP contribution in [0.5, 0.6) is 0 Å². The van der Waals surface area contributed by atoms with Crippen molar-refractivity contribution >= 4 is 34.6 Å². The first kappa shape index (κ1) is 19.3. The Bertz CT molecular complexity index is 932. The number of carbonyl (C=O) groups is 2. The highest BCUT2D eigenvalue weighted by Gasteiger charge is 2.31. The Morgan fingerprint density at radius 3 is 2.52 bits per heavy atom. The third kappa shape index (κ3) is 4.43. The molecule has 0 fully saturated rings. The van der Waals surface area contributed by atoms with Gasteiger partial charge in [0.05, 0.1) is 24.1 Å². The number of nitrogens with zero attached hydrogens (tertiary/aromatic N) is 1. The molecule has 140 valence electrons. The third-order valence-electron chi connectivity index (χ3n) is 3.94. The Morgan fingerprint density at radius 2 is 1.89 bits per heavy atom. The van der Waals surface area contributed by atoms with Crippen LogP contribution in [0.3, 0.4) is 0 Å². The van der Waals surface area contributed by atoms with Crippen LogP contribution in [0.1, 0.15) is 18.7 Å². The van der Waals surface area contributed by atoms with E-state index in [4.69, 9.17) is 9.72 Å². The van der Waals surface area contributed by atoms with E-state index in [0.717, 1.165) is 26.0 Å². The molecule has 0 saturated heterocycles. The summed E-state index contributed by atoms with van der Waals surface area (Å²) in [5.74, 6) is -0.727. The summed E-state index contributed by atoms with van der Waals surface area (Å²) in [6.45, 7) is 3.25. The van der Waals surface area contributed by atoms with Crippen molar-refractivity contribution in [1.29, 1.82) is 0 Å². The number of carbonyl (C=O) groups excluding carboxylic acids is 2. The lowest BCUT2D eigenvalue weighted by Gasteiger charge is -2.22. The summed E-state index contributed by atoms with van der Waals surface area (Å²) in [4.78, 5) is 31.1. The van der Waals surface area contributed by atoms with Crippen molar-refractivity contribution in [3.8, 4) is 21.1 Å². The number of thiophene rings is 1. The smallest absolute Gasteiger partial charge is 0.330 e. The van der Waals surface area contributed by atoms with Crippen molar-refractivity contribution in [3.05, 3.63) is 52.7 Å². The van der Waals surface area contributed by atoms with E-state index in [1.54, 1.807) is 25.2 Å². The summed E-state index contributed by atoms with van der Waals surface area (Å²) >= 11 is 3.08. The Morgan fingerprint density at radius 1 is 1.15 bits per heavy atom. The number of methoxy groups -OCH3 is 1. The molecule has 0 bridgehead atoms. The van der Waals surface area contributed by atoms with Crippen LogP contribution in [-0.2, 0) is 20.7 Å². The predicted molar refractivity (Wildman–Crippen MR) is 109 cm³/mol. The second kappa shape index (κ2) is 8.02. The van der Waals surface area contributed by atoms with Crippen LogP contribution in [0.2, 0.25) is 0 Å². The second-order valence-corrected chi connectivity index (χ2v) is 8.51. The van der Waals surface area contributed by atoms with E-state index in [0.29, 0.717) is 0 Å². The third-order valence-corrected chi connectivity index (χ3v) is 5.92. The van der Waals surface area contributed by atoms with Crippen LogP contribution in [0.15, 0.2) is 47.8 Å². The maximum atomic E-state index is 12.6. The average molecular weight is 401 g/mol. The lowest BCUT2D eigenvalue weighted by Crippen LogP contribution is -2.50. The molecule has 1 aromatic carbocycles. The van der Waals surface area contributed by atoms with Gasteiger partial charge in [0.1, 0.15) is 10.5 Å². The number of hydrogen-bond acceptors (Lipinski definition) is 6. The minimum absolute atomic E-state index is 0.151. The van der Waals surface area contributed by atoms with E-state index in [1.807, 2.05) is 47.8 Å². The summed E-state index contributed by atoms with van der Waals surface area (Å²) in [7, 11) is 1.31. The lowest BCUT2D eigenvalue weighted by molar-refractivity contribution is -0.149. The molecule has 0 aliphatic rings. The number of ether oxygens (including phenoxy) is 1. The van der Waals surface area contributed by atoms with Crippen molar-refractivity contribution in [2.75, 3.05) is 7.11 Å². The SMILES string of the molecule is COC(=O)C(C)(C)NC(=O)Cc1sc(-c2ccccc2)nc1-c1cccs1. The number of aromatic nitrogens is 1. The number of hydrogen-bond donors (Lipinski definition) is 1. The maximum absolute atomic E-state index is 12.6. The summed E-state index contributed by atoms with van der Waals surface area (Å²) in [5.41, 5.74) is 0.753. The van der Waals surface area contributed by atoms with Gasteiger partial charge in [-0.1, -0.05) is 36.4 Å². The monoisotopic (exact) mass is 400 g/mol. The zero-order valence-corrected chi connectivity index (χ0v) is 16.9. The Balaban J connectivity index is 1.89. The summed E-state index contributed by atoms with van der Waals surface area (Å²) in [6, 6.07) is 13.8. The molecule has 27 heavy (non-hydrogen) atoms. The first-order chi connectivity index (χ1) is 12.9. The van der Waals surface area contributed by atoms with Crippen LogP contribution in [-0.4, -0.2) is 29.5 Å². The normalized spacial score (nSPS) is 11.2. The van der Waals surface area contributed by atoms with Crippen LogP contribution in [0.4, 0.5) is 0 Å². The van der Waals surface area contributed by atoms with Gasteiger partial charge in [0, 0.05) is 10.4 Å². The highest BCUT2D eigenvalue weighted by atomic mass is 32.1. The predicted octanol–water partition coefficient (Wildman–Crippen LogP) is 4.15. The van der Waals surface area contributed by atoms with Crippen molar-refractivity contribution < 1.29 is 14.3 Å². The van der Waals surface area contributed by atoms with Crippen molar-refractivity contribution in [3.63, 3.8) is 0 Å². The van der Waals surface area contributed by atoms with Gasteiger partial charge >= 0.3 is 5.97 Å². The lowest BCUT2D eigenvalue weighted by atomic mass is 10.1. The fraction of sp³-hybridized carbons (Fsp3) is 0.250. The highest BCUT2D eigenvalue weighted by molar-refractivity contribution is 7.17. The fourth-order valence-electron chi connectivity index (χ4n) is 2.63. The Hall–Kier alpha value is -2.51. The topological polar surface area (TPSA) is 68.3 Å². The van der Waals surface area contributed by atoms with Gasteiger partial charge in [0.2, 0.25) is 5.91 Å². The molecule has 7 heteroatoms. The van der Waals surface area contributed by atoms with Gasteiger partial charge in [0.15, 0.2) is 0 Å². The molecule has 0 saturated carbocycles. The molecule has 1 amide bonds. The van der Waals surface area contributed by atoms with E-state index in [1.165, 1.54) is 18.4 Å². The number of thiazole rings is 1. The molecule has 3 rings (SSSR count). The molecule has 0 unspecified atom stereocenters. The fourth-order valence-corrected chi connectivity index (χ4v) is 4.51. The summed E-state index contributed by atoms with van der Waals surface area (Å²) in [5, 5.41) is 5.60. The quantitative estimate of drug-likeness (QED) is 0.631. The number of amides is 1. The number of benzene rings is 1. The van der Waals surface area contributed by atoms with E-state index in [-0.39, 0.29) is 12.3 Å². The van der Waals surface area contributed by atoms with Crippen molar-refractivity contribution in [2.45, 2.75) is 25.8 Å². The Kier molecular flexibility index (Phi) is 5.72.